The number of hydrogen-bond donors (Lipinski definition) is 3. The van der Waals surface area contributed by atoms with Gasteiger partial charge in [-0.25, -0.2) is 0 Å². The van der Waals surface area contributed by atoms with Gasteiger partial charge < -0.3 is 20.5 Å². The van der Waals surface area contributed by atoms with Crippen LogP contribution in [0.15, 0.2) is 42.5 Å². The third kappa shape index (κ3) is 5.39. The Hall–Kier alpha value is -2.42. The molecule has 3 aromatic rings. The van der Waals surface area contributed by atoms with Crippen molar-refractivity contribution in [1.82, 2.24) is 20.1 Å². The number of piperazine rings is 1. The Morgan fingerprint density at radius 3 is 2.91 bits per heavy atom. The molecule has 0 amide bonds. The molecule has 2 aliphatic heterocycles. The Kier molecular flexibility index (Phi) is 7.70. The van der Waals surface area contributed by atoms with Crippen molar-refractivity contribution >= 4 is 28.2 Å². The van der Waals surface area contributed by atoms with Gasteiger partial charge in [0.15, 0.2) is 0 Å². The number of aliphatic hydroxyl groups excluding tert-OH is 1. The monoisotopic (exact) mass is 495 g/mol. The highest BCUT2D eigenvalue weighted by Gasteiger charge is 2.29. The molecule has 8 heteroatoms. The fourth-order valence-electron chi connectivity index (χ4n) is 5.38. The van der Waals surface area contributed by atoms with Crippen molar-refractivity contribution < 1.29 is 9.84 Å². The second-order valence-electron chi connectivity index (χ2n) is 9.30. The maximum atomic E-state index is 9.49. The van der Waals surface area contributed by atoms with Crippen LogP contribution in [0, 0.1) is 0 Å². The van der Waals surface area contributed by atoms with Gasteiger partial charge in [0, 0.05) is 80.9 Å². The maximum absolute atomic E-state index is 9.49. The lowest BCUT2D eigenvalue weighted by molar-refractivity contribution is 0.157. The van der Waals surface area contributed by atoms with Crippen molar-refractivity contribution in [3.8, 4) is 5.75 Å². The van der Waals surface area contributed by atoms with Crippen LogP contribution < -0.4 is 15.4 Å². The second-order valence-corrected chi connectivity index (χ2v) is 9.73. The van der Waals surface area contributed by atoms with Gasteiger partial charge in [-0.1, -0.05) is 29.8 Å². The lowest BCUT2D eigenvalue weighted by Gasteiger charge is -2.37. The van der Waals surface area contributed by atoms with Crippen LogP contribution in [0.2, 0.25) is 5.02 Å². The molecule has 0 spiro atoms. The molecule has 1 saturated heterocycles. The van der Waals surface area contributed by atoms with Gasteiger partial charge in [0.25, 0.3) is 0 Å². The Labute approximate surface area is 212 Å². The molecular weight excluding hydrogens is 462 g/mol. The number of β-amino-alcohol motifs (C(OH)–C–C–N with tert-alkyl or cyclic N) is 1. The van der Waals surface area contributed by atoms with Gasteiger partial charge in [0.05, 0.1) is 24.9 Å². The zero-order valence-electron chi connectivity index (χ0n) is 20.3. The van der Waals surface area contributed by atoms with E-state index in [2.05, 4.69) is 44.7 Å². The van der Waals surface area contributed by atoms with E-state index in [9.17, 15) is 5.11 Å². The van der Waals surface area contributed by atoms with Crippen molar-refractivity contribution in [2.75, 3.05) is 64.8 Å². The number of nitrogens with one attached hydrogen (secondary N) is 2. The molecule has 0 aliphatic carbocycles. The Morgan fingerprint density at radius 2 is 2.06 bits per heavy atom. The van der Waals surface area contributed by atoms with Crippen LogP contribution in [0.1, 0.15) is 22.9 Å². The van der Waals surface area contributed by atoms with Crippen molar-refractivity contribution in [2.45, 2.75) is 19.0 Å². The van der Waals surface area contributed by atoms with Crippen molar-refractivity contribution in [3.05, 3.63) is 64.3 Å². The minimum Gasteiger partial charge on any atom is -0.495 e. The SMILES string of the molecule is COc1ccc(Cl)cc1NCCN1CCc2nc3ccccc3c(C3CN(CCO)CCN3)c2C1. The first kappa shape index (κ1) is 24.3. The van der Waals surface area contributed by atoms with Crippen LogP contribution in [-0.4, -0.2) is 79.4 Å². The fourth-order valence-corrected chi connectivity index (χ4v) is 5.56. The highest BCUT2D eigenvalue weighted by atomic mass is 35.5. The average molecular weight is 496 g/mol. The summed E-state index contributed by atoms with van der Waals surface area (Å²) in [5.41, 5.74) is 5.95. The van der Waals surface area contributed by atoms with E-state index in [0.29, 0.717) is 11.6 Å². The topological polar surface area (TPSA) is 72.9 Å². The van der Waals surface area contributed by atoms with E-state index in [1.807, 2.05) is 18.2 Å². The van der Waals surface area contributed by atoms with Crippen LogP contribution in [0.25, 0.3) is 10.9 Å². The van der Waals surface area contributed by atoms with E-state index < -0.39 is 0 Å². The van der Waals surface area contributed by atoms with Crippen LogP contribution in [0.5, 0.6) is 5.75 Å². The number of aromatic nitrogens is 1. The number of aliphatic hydroxyl groups is 1. The Bertz CT molecular complexity index is 1170. The minimum absolute atomic E-state index is 0.195. The summed E-state index contributed by atoms with van der Waals surface area (Å²) >= 11 is 6.19. The van der Waals surface area contributed by atoms with E-state index in [4.69, 9.17) is 21.3 Å². The summed E-state index contributed by atoms with van der Waals surface area (Å²) in [4.78, 5) is 9.92. The number of ether oxygens (including phenoxy) is 1. The van der Waals surface area contributed by atoms with Crippen LogP contribution in [-0.2, 0) is 13.0 Å². The van der Waals surface area contributed by atoms with Gasteiger partial charge in [-0.2, -0.15) is 0 Å². The quantitative estimate of drug-likeness (QED) is 0.443. The molecule has 0 radical (unpaired) electrons. The molecule has 7 nitrogen and oxygen atoms in total. The van der Waals surface area contributed by atoms with E-state index in [0.717, 1.165) is 69.2 Å². The fraction of sp³-hybridized carbons (Fsp3) is 0.444. The van der Waals surface area contributed by atoms with E-state index in [-0.39, 0.29) is 12.6 Å². The predicted molar refractivity (Wildman–Crippen MR) is 141 cm³/mol. The number of halogens is 1. The van der Waals surface area contributed by atoms with Gasteiger partial charge in [-0.05, 0) is 35.4 Å². The minimum atomic E-state index is 0.195. The van der Waals surface area contributed by atoms with E-state index in [1.165, 1.54) is 22.2 Å². The van der Waals surface area contributed by atoms with E-state index >= 15 is 0 Å². The molecule has 3 heterocycles. The lowest BCUT2D eigenvalue weighted by Crippen LogP contribution is -2.47. The summed E-state index contributed by atoms with van der Waals surface area (Å²) in [5, 5.41) is 18.7. The summed E-state index contributed by atoms with van der Waals surface area (Å²) in [6, 6.07) is 14.4. The third-order valence-corrected chi connectivity index (χ3v) is 7.33. The number of nitrogens with zero attached hydrogens (tertiary/aromatic N) is 3. The summed E-state index contributed by atoms with van der Waals surface area (Å²) in [7, 11) is 1.68. The number of para-hydroxylation sites is 1. The first-order valence-electron chi connectivity index (χ1n) is 12.4. The average Bonchev–Trinajstić information content (AvgIpc) is 2.88. The molecular formula is C27H34ClN5O2. The maximum Gasteiger partial charge on any atom is 0.142 e. The van der Waals surface area contributed by atoms with Crippen LogP contribution in [0.3, 0.4) is 0 Å². The van der Waals surface area contributed by atoms with Gasteiger partial charge in [0.2, 0.25) is 0 Å². The highest BCUT2D eigenvalue weighted by molar-refractivity contribution is 6.30. The molecule has 0 saturated carbocycles. The van der Waals surface area contributed by atoms with E-state index in [1.54, 1.807) is 7.11 Å². The zero-order valence-corrected chi connectivity index (χ0v) is 21.0. The summed E-state index contributed by atoms with van der Waals surface area (Å²) in [5.74, 6) is 0.798. The smallest absolute Gasteiger partial charge is 0.142 e. The van der Waals surface area contributed by atoms with Crippen LogP contribution >= 0.6 is 11.6 Å². The highest BCUT2D eigenvalue weighted by Crippen LogP contribution is 2.34. The van der Waals surface area contributed by atoms with Gasteiger partial charge in [0.1, 0.15) is 5.75 Å². The molecule has 35 heavy (non-hydrogen) atoms. The Balaban J connectivity index is 1.37. The molecule has 186 valence electrons. The number of methoxy groups -OCH3 is 1. The zero-order chi connectivity index (χ0) is 24.2. The summed E-state index contributed by atoms with van der Waals surface area (Å²) < 4.78 is 5.47. The summed E-state index contributed by atoms with van der Waals surface area (Å²) in [6.45, 7) is 7.28. The van der Waals surface area contributed by atoms with Crippen LogP contribution in [0.4, 0.5) is 5.69 Å². The molecule has 2 aromatic carbocycles. The molecule has 2 aliphatic rings. The van der Waals surface area contributed by atoms with Gasteiger partial charge in [-0.3, -0.25) is 14.8 Å². The third-order valence-electron chi connectivity index (χ3n) is 7.10. The van der Waals surface area contributed by atoms with Crippen molar-refractivity contribution in [3.63, 3.8) is 0 Å². The van der Waals surface area contributed by atoms with Gasteiger partial charge >= 0.3 is 0 Å². The Morgan fingerprint density at radius 1 is 1.17 bits per heavy atom. The van der Waals surface area contributed by atoms with Crippen molar-refractivity contribution in [2.24, 2.45) is 0 Å². The number of hydrogen-bond acceptors (Lipinski definition) is 7. The number of pyridine rings is 1. The number of rotatable bonds is 8. The first-order valence-corrected chi connectivity index (χ1v) is 12.8. The number of fused-ring (bicyclic) bond motifs is 2. The lowest BCUT2D eigenvalue weighted by atomic mass is 9.90. The summed E-state index contributed by atoms with van der Waals surface area (Å²) in [6.07, 6.45) is 0.945. The molecule has 1 unspecified atom stereocenters. The second kappa shape index (κ2) is 11.1. The standard InChI is InChI=1S/C27H34ClN5O2/c1-35-26-7-6-19(28)16-24(26)29-9-12-32-11-8-23-21(17-32)27(20-4-2-3-5-22(20)31-23)25-18-33(14-15-34)13-10-30-25/h2-7,16,25,29-30,34H,8-15,17-18H2,1H3. The van der Waals surface area contributed by atoms with Crippen molar-refractivity contribution in [1.29, 1.82) is 0 Å². The first-order chi connectivity index (χ1) is 17.2. The molecule has 0 bridgehead atoms. The predicted octanol–water partition coefficient (Wildman–Crippen LogP) is 3.31. The molecule has 1 atom stereocenters. The normalized spacial score (nSPS) is 19.0. The number of anilines is 1. The molecule has 3 N–H and O–H groups in total. The molecule has 5 rings (SSSR count). The molecule has 1 fully saturated rings. The number of benzene rings is 2. The van der Waals surface area contributed by atoms with Gasteiger partial charge in [-0.15, -0.1) is 0 Å². The molecule has 1 aromatic heterocycles. The largest absolute Gasteiger partial charge is 0.495 e.